The maximum atomic E-state index is 14.5. The normalized spacial score (nSPS) is 26.0. The summed E-state index contributed by atoms with van der Waals surface area (Å²) >= 11 is 12.6. The first-order valence-corrected chi connectivity index (χ1v) is 18.2. The van der Waals surface area contributed by atoms with Crippen molar-refractivity contribution in [2.75, 3.05) is 0 Å². The van der Waals surface area contributed by atoms with Gasteiger partial charge < -0.3 is 4.74 Å². The second-order valence-corrected chi connectivity index (χ2v) is 17.6. The van der Waals surface area contributed by atoms with Gasteiger partial charge >= 0.3 is 11.9 Å². The zero-order valence-electron chi connectivity index (χ0n) is 28.3. The fourth-order valence-corrected chi connectivity index (χ4v) is 8.14. The standard InChI is InChI=1S/C36H42Cl2N4O5S/c1-21-17-25(35(2,3)4)32(26(18-21)36(5,6)7)47-34(44)24-20-42(39)29(33(43)41-48(45,46)23-11-9-8-10-12-23)15-16-30(42)40-31(24)22-13-14-27(37)28(38)19-22/h8-16,19-21,25-26,32H,17-18,39H2,1-7H3/p+1. The van der Waals surface area contributed by atoms with Crippen molar-refractivity contribution in [2.24, 2.45) is 39.4 Å². The van der Waals surface area contributed by atoms with E-state index < -0.39 is 32.6 Å². The second-order valence-electron chi connectivity index (χ2n) is 15.1. The molecular weight excluding hydrogens is 671 g/mol. The van der Waals surface area contributed by atoms with Crippen molar-refractivity contribution in [2.45, 2.75) is 72.3 Å². The maximum Gasteiger partial charge on any atom is 0.346 e. The van der Waals surface area contributed by atoms with Crippen LogP contribution in [0.4, 0.5) is 0 Å². The van der Waals surface area contributed by atoms with Gasteiger partial charge in [-0.05, 0) is 53.9 Å². The van der Waals surface area contributed by atoms with Crippen molar-refractivity contribution >= 4 is 50.8 Å². The van der Waals surface area contributed by atoms with Crippen LogP contribution in [0.5, 0.6) is 0 Å². The number of aliphatic imine (C=N–C) groups is 1. The second kappa shape index (κ2) is 12.9. The van der Waals surface area contributed by atoms with Crippen LogP contribution in [0.2, 0.25) is 10.0 Å². The van der Waals surface area contributed by atoms with Crippen molar-refractivity contribution in [3.8, 4) is 0 Å². The third-order valence-electron chi connectivity index (χ3n) is 9.48. The fraction of sp³-hybridized carbons (Fsp3) is 0.417. The minimum Gasteiger partial charge on any atom is -0.458 e. The van der Waals surface area contributed by atoms with E-state index in [9.17, 15) is 18.0 Å². The molecule has 0 radical (unpaired) electrons. The Labute approximate surface area is 293 Å². The molecule has 1 saturated carbocycles. The molecule has 3 atom stereocenters. The van der Waals surface area contributed by atoms with Gasteiger partial charge in [0.2, 0.25) is 5.70 Å². The van der Waals surface area contributed by atoms with E-state index in [0.29, 0.717) is 16.5 Å². The van der Waals surface area contributed by atoms with E-state index in [0.717, 1.165) is 12.8 Å². The molecule has 5 rings (SSSR count). The fourth-order valence-electron chi connectivity index (χ4n) is 6.86. The van der Waals surface area contributed by atoms with Crippen molar-refractivity contribution in [3.63, 3.8) is 0 Å². The minimum absolute atomic E-state index is 0.0125. The zero-order valence-corrected chi connectivity index (χ0v) is 30.6. The van der Waals surface area contributed by atoms with E-state index in [-0.39, 0.29) is 55.4 Å². The number of carbonyl (C=O) groups excluding carboxylic acids is 2. The summed E-state index contributed by atoms with van der Waals surface area (Å²) in [5.41, 5.74) is 0.267. The first-order valence-electron chi connectivity index (χ1n) is 15.9. The molecule has 48 heavy (non-hydrogen) atoms. The summed E-state index contributed by atoms with van der Waals surface area (Å²) in [4.78, 5) is 32.7. The number of hydrogen-bond donors (Lipinski definition) is 2. The van der Waals surface area contributed by atoms with Gasteiger partial charge in [-0.25, -0.2) is 17.9 Å². The van der Waals surface area contributed by atoms with Gasteiger partial charge in [0, 0.05) is 29.6 Å². The highest BCUT2D eigenvalue weighted by atomic mass is 35.5. The highest BCUT2D eigenvalue weighted by Gasteiger charge is 2.51. The Morgan fingerprint density at radius 2 is 1.54 bits per heavy atom. The van der Waals surface area contributed by atoms with E-state index in [1.807, 2.05) is 0 Å². The summed E-state index contributed by atoms with van der Waals surface area (Å²) in [6, 6.07) is 12.4. The van der Waals surface area contributed by atoms with Gasteiger partial charge in [0.15, 0.2) is 0 Å². The average Bonchev–Trinajstić information content (AvgIpc) is 3.33. The van der Waals surface area contributed by atoms with Gasteiger partial charge in [-0.1, -0.05) is 95.9 Å². The Kier molecular flexibility index (Phi) is 9.66. The Morgan fingerprint density at radius 1 is 0.938 bits per heavy atom. The molecule has 12 heteroatoms. The molecule has 1 amide bonds. The molecule has 2 aliphatic heterocycles. The molecule has 2 aromatic carbocycles. The number of hydrogen-bond acceptors (Lipinski definition) is 7. The van der Waals surface area contributed by atoms with E-state index in [4.69, 9.17) is 38.8 Å². The summed E-state index contributed by atoms with van der Waals surface area (Å²) in [5, 5.41) is 0.585. The number of ether oxygens (including phenoxy) is 1. The summed E-state index contributed by atoms with van der Waals surface area (Å²) in [6.45, 7) is 15.2. The van der Waals surface area contributed by atoms with Crippen LogP contribution in [0.25, 0.3) is 0 Å². The van der Waals surface area contributed by atoms with Gasteiger partial charge in [-0.15, -0.1) is 4.59 Å². The monoisotopic (exact) mass is 713 g/mol. The Bertz CT molecular complexity index is 1850. The third kappa shape index (κ3) is 7.05. The molecule has 256 valence electrons. The summed E-state index contributed by atoms with van der Waals surface area (Å²) < 4.78 is 33.9. The number of sulfonamides is 1. The van der Waals surface area contributed by atoms with Crippen LogP contribution >= 0.6 is 23.2 Å². The SMILES string of the molecule is CC1CC(C(C)(C)C)C(OC(=O)C2=C[N+]3(N)C(=CC=C3C(=O)NS(=O)(=O)c3ccccc3)N=C2c2ccc(Cl)c(Cl)c2)C(C(C)(C)C)C1. The number of nitrogens with two attached hydrogens (primary N) is 1. The first-order chi connectivity index (χ1) is 22.2. The van der Waals surface area contributed by atoms with E-state index in [1.165, 1.54) is 30.5 Å². The Hall–Kier alpha value is -3.28. The van der Waals surface area contributed by atoms with Crippen molar-refractivity contribution < 1.29 is 27.3 Å². The van der Waals surface area contributed by atoms with Crippen molar-refractivity contribution in [1.82, 2.24) is 4.72 Å². The molecule has 2 aromatic rings. The first kappa shape index (κ1) is 36.0. The van der Waals surface area contributed by atoms with E-state index in [1.54, 1.807) is 36.4 Å². The van der Waals surface area contributed by atoms with Crippen LogP contribution in [0.3, 0.4) is 0 Å². The molecule has 0 aromatic heterocycles. The number of nitrogens with zero attached hydrogens (tertiary/aromatic N) is 2. The molecule has 1 fully saturated rings. The maximum absolute atomic E-state index is 14.5. The predicted octanol–water partition coefficient (Wildman–Crippen LogP) is 7.28. The number of allylic oxidation sites excluding steroid dienone is 2. The molecule has 0 bridgehead atoms. The van der Waals surface area contributed by atoms with Crippen molar-refractivity contribution in [3.05, 3.63) is 99.6 Å². The zero-order chi connectivity index (χ0) is 35.4. The van der Waals surface area contributed by atoms with Crippen LogP contribution in [-0.4, -0.2) is 36.7 Å². The van der Waals surface area contributed by atoms with E-state index in [2.05, 4.69) is 53.2 Å². The van der Waals surface area contributed by atoms with Crippen LogP contribution in [-0.2, 0) is 24.3 Å². The highest BCUT2D eigenvalue weighted by Crippen LogP contribution is 2.50. The number of rotatable bonds is 6. The minimum atomic E-state index is -4.22. The van der Waals surface area contributed by atoms with Crippen LogP contribution in [0.15, 0.2) is 93.9 Å². The number of quaternary nitrogens is 1. The van der Waals surface area contributed by atoms with Crippen LogP contribution < -0.4 is 10.6 Å². The molecule has 1 aliphatic carbocycles. The van der Waals surface area contributed by atoms with E-state index >= 15 is 0 Å². The van der Waals surface area contributed by atoms with Gasteiger partial charge in [0.25, 0.3) is 15.8 Å². The number of nitrogens with one attached hydrogen (secondary N) is 1. The number of esters is 1. The quantitative estimate of drug-likeness (QED) is 0.184. The lowest BCUT2D eigenvalue weighted by Crippen LogP contribution is -2.53. The largest absolute Gasteiger partial charge is 0.458 e. The molecule has 3 unspecified atom stereocenters. The Balaban J connectivity index is 1.57. The lowest BCUT2D eigenvalue weighted by molar-refractivity contribution is -0.808. The molecule has 0 saturated heterocycles. The average molecular weight is 715 g/mol. The molecule has 0 spiro atoms. The molecule has 3 N–H and O–H groups in total. The summed E-state index contributed by atoms with van der Waals surface area (Å²) in [5.74, 6) is 5.98. The topological polar surface area (TPSA) is 128 Å². The highest BCUT2D eigenvalue weighted by molar-refractivity contribution is 7.90. The number of fused-ring (bicyclic) bond motifs is 1. The Morgan fingerprint density at radius 3 is 2.10 bits per heavy atom. The van der Waals surface area contributed by atoms with Gasteiger partial charge in [0.05, 0.1) is 20.7 Å². The smallest absolute Gasteiger partial charge is 0.346 e. The number of halogens is 2. The molecular formula is C36H43Cl2N4O5S+. The number of carbonyl (C=O) groups is 2. The van der Waals surface area contributed by atoms with Gasteiger partial charge in [-0.3, -0.25) is 4.79 Å². The molecule has 9 nitrogen and oxygen atoms in total. The van der Waals surface area contributed by atoms with Crippen LogP contribution in [0, 0.1) is 28.6 Å². The number of benzene rings is 2. The van der Waals surface area contributed by atoms with Gasteiger partial charge in [0.1, 0.15) is 17.9 Å². The lowest BCUT2D eigenvalue weighted by Gasteiger charge is -2.50. The lowest BCUT2D eigenvalue weighted by atomic mass is 9.59. The molecule has 3 aliphatic rings. The summed E-state index contributed by atoms with van der Waals surface area (Å²) in [7, 11) is -4.22. The summed E-state index contributed by atoms with van der Waals surface area (Å²) in [6.07, 6.45) is 5.66. The van der Waals surface area contributed by atoms with Gasteiger partial charge in [-0.2, -0.15) is 10.8 Å². The van der Waals surface area contributed by atoms with Crippen molar-refractivity contribution in [1.29, 1.82) is 0 Å². The molecule has 2 heterocycles. The predicted molar refractivity (Wildman–Crippen MR) is 188 cm³/mol. The van der Waals surface area contributed by atoms with Crippen LogP contribution in [0.1, 0.15) is 66.9 Å². The third-order valence-corrected chi connectivity index (χ3v) is 11.6. The number of amides is 1.